The molecule has 0 aliphatic carbocycles. The smallest absolute Gasteiger partial charge is 0.338 e. The summed E-state index contributed by atoms with van der Waals surface area (Å²) in [5.74, 6) is -0.667. The van der Waals surface area contributed by atoms with E-state index in [9.17, 15) is 9.59 Å². The Hall–Kier alpha value is -2.62. The van der Waals surface area contributed by atoms with Crippen molar-refractivity contribution in [1.29, 1.82) is 0 Å². The van der Waals surface area contributed by atoms with Crippen LogP contribution in [0.1, 0.15) is 65.0 Å². The second-order valence-corrected chi connectivity index (χ2v) is 6.74. The van der Waals surface area contributed by atoms with Crippen molar-refractivity contribution in [3.05, 3.63) is 70.8 Å². The number of hydrogen-bond donors (Lipinski definition) is 0. The van der Waals surface area contributed by atoms with Crippen LogP contribution in [0.2, 0.25) is 0 Å². The van der Waals surface area contributed by atoms with Gasteiger partial charge in [0.15, 0.2) is 0 Å². The molecule has 0 fully saturated rings. The highest BCUT2D eigenvalue weighted by molar-refractivity contribution is 5.91. The first-order valence-corrected chi connectivity index (χ1v) is 9.49. The fraction of sp³-hybridized carbons (Fsp3) is 0.391. The van der Waals surface area contributed by atoms with E-state index in [1.54, 1.807) is 12.1 Å². The standard InChI is InChI=1S/C23H28O4/c1-5-18(26-22(24)20-13-9-7-11-16(20)3)15-19(6-2)27-23(25)21-14-10-8-12-17(21)4/h7-14,18-19H,5-6,15H2,1-4H3/t18-,19+. The summed E-state index contributed by atoms with van der Waals surface area (Å²) in [4.78, 5) is 24.9. The van der Waals surface area contributed by atoms with Crippen LogP contribution < -0.4 is 0 Å². The van der Waals surface area contributed by atoms with E-state index in [1.807, 2.05) is 64.1 Å². The van der Waals surface area contributed by atoms with Gasteiger partial charge in [-0.15, -0.1) is 0 Å². The molecule has 0 unspecified atom stereocenters. The van der Waals surface area contributed by atoms with Crippen LogP contribution in [0.15, 0.2) is 48.5 Å². The zero-order valence-electron chi connectivity index (χ0n) is 16.5. The number of carbonyl (C=O) groups excluding carboxylic acids is 2. The van der Waals surface area contributed by atoms with E-state index >= 15 is 0 Å². The number of hydrogen-bond acceptors (Lipinski definition) is 4. The van der Waals surface area contributed by atoms with Crippen LogP contribution in [0.3, 0.4) is 0 Å². The number of rotatable bonds is 8. The maximum Gasteiger partial charge on any atom is 0.338 e. The Morgan fingerprint density at radius 3 is 1.44 bits per heavy atom. The Balaban J connectivity index is 2.00. The third-order valence-corrected chi connectivity index (χ3v) is 4.71. The molecule has 0 aliphatic heterocycles. The van der Waals surface area contributed by atoms with Crippen LogP contribution in [-0.4, -0.2) is 24.1 Å². The topological polar surface area (TPSA) is 52.6 Å². The molecular formula is C23H28O4. The minimum atomic E-state index is -0.333. The number of benzene rings is 2. The van der Waals surface area contributed by atoms with Crippen LogP contribution in [0.5, 0.6) is 0 Å². The van der Waals surface area contributed by atoms with Gasteiger partial charge in [-0.25, -0.2) is 9.59 Å². The van der Waals surface area contributed by atoms with Crippen LogP contribution in [-0.2, 0) is 9.47 Å². The molecule has 0 heterocycles. The maximum atomic E-state index is 12.5. The summed E-state index contributed by atoms with van der Waals surface area (Å²) < 4.78 is 11.4. The molecule has 0 saturated heterocycles. The molecule has 4 nitrogen and oxygen atoms in total. The summed E-state index contributed by atoms with van der Waals surface area (Å²) in [6, 6.07) is 14.7. The van der Waals surface area contributed by atoms with Gasteiger partial charge in [0.1, 0.15) is 12.2 Å². The molecule has 0 aliphatic rings. The average molecular weight is 368 g/mol. The molecule has 0 amide bonds. The summed E-state index contributed by atoms with van der Waals surface area (Å²) in [5.41, 5.74) is 2.91. The highest BCUT2D eigenvalue weighted by Gasteiger charge is 2.23. The second-order valence-electron chi connectivity index (χ2n) is 6.74. The molecule has 0 N–H and O–H groups in total. The van der Waals surface area contributed by atoms with Gasteiger partial charge in [-0.3, -0.25) is 0 Å². The van der Waals surface area contributed by atoms with Crippen molar-refractivity contribution in [1.82, 2.24) is 0 Å². The third-order valence-electron chi connectivity index (χ3n) is 4.71. The summed E-state index contributed by atoms with van der Waals surface area (Å²) in [5, 5.41) is 0. The Bertz CT molecular complexity index is 716. The van der Waals surface area contributed by atoms with Crippen LogP contribution in [0.25, 0.3) is 0 Å². The summed E-state index contributed by atoms with van der Waals surface area (Å²) in [6.45, 7) is 7.70. The molecule has 2 atom stereocenters. The molecule has 0 radical (unpaired) electrons. The van der Waals surface area contributed by atoms with E-state index in [2.05, 4.69) is 0 Å². The SMILES string of the molecule is CC[C@H](C[C@H](CC)OC(=O)c1ccccc1C)OC(=O)c1ccccc1C. The molecular weight excluding hydrogens is 340 g/mol. The minimum Gasteiger partial charge on any atom is -0.459 e. The Labute approximate surface area is 161 Å². The van der Waals surface area contributed by atoms with Gasteiger partial charge < -0.3 is 9.47 Å². The summed E-state index contributed by atoms with van der Waals surface area (Å²) in [7, 11) is 0. The fourth-order valence-corrected chi connectivity index (χ4v) is 2.92. The molecule has 144 valence electrons. The number of carbonyl (C=O) groups is 2. The van der Waals surface area contributed by atoms with Gasteiger partial charge >= 0.3 is 11.9 Å². The van der Waals surface area contributed by atoms with Gasteiger partial charge in [0, 0.05) is 6.42 Å². The first kappa shape index (κ1) is 20.7. The van der Waals surface area contributed by atoms with Gasteiger partial charge in [-0.2, -0.15) is 0 Å². The van der Waals surface area contributed by atoms with Crippen LogP contribution >= 0.6 is 0 Å². The number of aryl methyl sites for hydroxylation is 2. The molecule has 27 heavy (non-hydrogen) atoms. The Kier molecular flexibility index (Phi) is 7.59. The summed E-state index contributed by atoms with van der Waals surface area (Å²) in [6.07, 6.45) is 1.22. The first-order chi connectivity index (χ1) is 13.0. The van der Waals surface area contributed by atoms with Crippen LogP contribution in [0, 0.1) is 13.8 Å². The van der Waals surface area contributed by atoms with Gasteiger partial charge in [-0.1, -0.05) is 50.2 Å². The highest BCUT2D eigenvalue weighted by Crippen LogP contribution is 2.18. The van der Waals surface area contributed by atoms with Gasteiger partial charge in [0.05, 0.1) is 11.1 Å². The zero-order chi connectivity index (χ0) is 19.8. The molecule has 0 aromatic heterocycles. The van der Waals surface area contributed by atoms with E-state index in [4.69, 9.17) is 9.47 Å². The molecule has 2 aromatic rings. The van der Waals surface area contributed by atoms with E-state index in [-0.39, 0.29) is 24.1 Å². The lowest BCUT2D eigenvalue weighted by molar-refractivity contribution is -0.00194. The predicted molar refractivity (Wildman–Crippen MR) is 106 cm³/mol. The fourth-order valence-electron chi connectivity index (χ4n) is 2.92. The molecule has 2 aromatic carbocycles. The Morgan fingerprint density at radius 2 is 1.11 bits per heavy atom. The third kappa shape index (κ3) is 5.68. The quantitative estimate of drug-likeness (QED) is 0.596. The van der Waals surface area contributed by atoms with E-state index < -0.39 is 0 Å². The van der Waals surface area contributed by atoms with Crippen molar-refractivity contribution in [2.75, 3.05) is 0 Å². The highest BCUT2D eigenvalue weighted by atomic mass is 16.6. The molecule has 4 heteroatoms. The van der Waals surface area contributed by atoms with Crippen molar-refractivity contribution in [3.63, 3.8) is 0 Å². The molecule has 0 saturated carbocycles. The maximum absolute atomic E-state index is 12.5. The largest absolute Gasteiger partial charge is 0.459 e. The number of ether oxygens (including phenoxy) is 2. The zero-order valence-corrected chi connectivity index (χ0v) is 16.5. The number of esters is 2. The predicted octanol–water partition coefficient (Wildman–Crippen LogP) is 5.26. The monoisotopic (exact) mass is 368 g/mol. The molecule has 0 bridgehead atoms. The molecule has 2 rings (SSSR count). The van der Waals surface area contributed by atoms with E-state index in [0.29, 0.717) is 30.4 Å². The van der Waals surface area contributed by atoms with Crippen molar-refractivity contribution in [3.8, 4) is 0 Å². The lowest BCUT2D eigenvalue weighted by Gasteiger charge is -2.23. The minimum absolute atomic E-state index is 0.299. The van der Waals surface area contributed by atoms with Crippen LogP contribution in [0.4, 0.5) is 0 Å². The van der Waals surface area contributed by atoms with Crippen molar-refractivity contribution in [2.24, 2.45) is 0 Å². The van der Waals surface area contributed by atoms with Crippen molar-refractivity contribution in [2.45, 2.75) is 59.2 Å². The van der Waals surface area contributed by atoms with Crippen molar-refractivity contribution < 1.29 is 19.1 Å². The van der Waals surface area contributed by atoms with Gasteiger partial charge in [-0.05, 0) is 49.9 Å². The van der Waals surface area contributed by atoms with E-state index in [0.717, 1.165) is 11.1 Å². The Morgan fingerprint density at radius 1 is 0.741 bits per heavy atom. The lowest BCUT2D eigenvalue weighted by Crippen LogP contribution is -2.27. The van der Waals surface area contributed by atoms with Gasteiger partial charge in [0.2, 0.25) is 0 Å². The normalized spacial score (nSPS) is 12.9. The lowest BCUT2D eigenvalue weighted by atomic mass is 10.1. The average Bonchev–Trinajstić information content (AvgIpc) is 2.67. The van der Waals surface area contributed by atoms with Gasteiger partial charge in [0.25, 0.3) is 0 Å². The van der Waals surface area contributed by atoms with E-state index in [1.165, 1.54) is 0 Å². The molecule has 0 spiro atoms. The first-order valence-electron chi connectivity index (χ1n) is 9.49. The summed E-state index contributed by atoms with van der Waals surface area (Å²) >= 11 is 0. The van der Waals surface area contributed by atoms with Crippen molar-refractivity contribution >= 4 is 11.9 Å². The second kappa shape index (κ2) is 9.91.